The summed E-state index contributed by atoms with van der Waals surface area (Å²) in [7, 11) is 1.19. The smallest absolute Gasteiger partial charge is 0.353 e. The van der Waals surface area contributed by atoms with Gasteiger partial charge in [-0.1, -0.05) is 0 Å². The molecule has 1 aromatic heterocycles. The largest absolute Gasteiger partial charge is 0.481 e. The predicted octanol–water partition coefficient (Wildman–Crippen LogP) is 2.83. The van der Waals surface area contributed by atoms with Gasteiger partial charge >= 0.3 is 17.6 Å². The first-order valence-corrected chi connectivity index (χ1v) is 9.79. The predicted molar refractivity (Wildman–Crippen MR) is 111 cm³/mol. The number of Topliss-reactive ketones (excluding diaryl/α,β-unsaturated/α-hetero) is 1. The molecule has 1 saturated heterocycles. The molecule has 2 heterocycles. The van der Waals surface area contributed by atoms with E-state index in [2.05, 4.69) is 9.72 Å². The molecule has 0 unspecified atom stereocenters. The Morgan fingerprint density at radius 2 is 1.84 bits per heavy atom. The van der Waals surface area contributed by atoms with Crippen LogP contribution in [0.1, 0.15) is 29.6 Å². The number of piperidine rings is 1. The molecule has 0 radical (unpaired) electrons. The molecule has 32 heavy (non-hydrogen) atoms. The number of pyridine rings is 1. The maximum Gasteiger partial charge on any atom is 0.353 e. The molecule has 1 fully saturated rings. The minimum Gasteiger partial charge on any atom is -0.481 e. The minimum atomic E-state index is -0.877. The summed E-state index contributed by atoms with van der Waals surface area (Å²) in [5.41, 5.74) is -0.0545. The van der Waals surface area contributed by atoms with Gasteiger partial charge in [0.15, 0.2) is 5.78 Å². The molecule has 1 aliphatic heterocycles. The monoisotopic (exact) mass is 443 g/mol. The summed E-state index contributed by atoms with van der Waals surface area (Å²) in [4.78, 5) is 51.5. The van der Waals surface area contributed by atoms with Crippen LogP contribution in [0.25, 0.3) is 0 Å². The number of carboxylic acid groups (broad SMARTS) is 1. The first kappa shape index (κ1) is 22.7. The van der Waals surface area contributed by atoms with Crippen molar-refractivity contribution in [2.45, 2.75) is 19.3 Å². The van der Waals surface area contributed by atoms with Gasteiger partial charge in [0.1, 0.15) is 12.2 Å². The number of aliphatic carboxylic acids is 1. The van der Waals surface area contributed by atoms with Gasteiger partial charge in [0, 0.05) is 30.9 Å². The molecule has 1 aromatic carbocycles. The van der Waals surface area contributed by atoms with E-state index in [-0.39, 0.29) is 28.6 Å². The highest BCUT2D eigenvalue weighted by Gasteiger charge is 2.31. The molecule has 1 aliphatic rings. The summed E-state index contributed by atoms with van der Waals surface area (Å²) in [6, 6.07) is 7.19. The summed E-state index contributed by atoms with van der Waals surface area (Å²) >= 11 is 0. The van der Waals surface area contributed by atoms with Crippen LogP contribution in [0.15, 0.2) is 36.5 Å². The maximum absolute atomic E-state index is 12.0. The standard InChI is InChI=1S/C21H21N3O8/c1-31-18(26)12-16(25)13-2-4-15(5-3-13)32-17-6-9-22-20(19(17)24(29)30)23-10-7-14(8-11-23)21(27)28/h2-6,9,14H,7-8,10-12H2,1H3,(H,27,28). The molecule has 0 spiro atoms. The summed E-state index contributed by atoms with van der Waals surface area (Å²) in [5.74, 6) is -2.10. The molecule has 0 amide bonds. The number of carboxylic acids is 1. The van der Waals surface area contributed by atoms with Crippen LogP contribution in [-0.2, 0) is 14.3 Å². The molecule has 0 saturated carbocycles. The van der Waals surface area contributed by atoms with Crippen LogP contribution in [0, 0.1) is 16.0 Å². The zero-order valence-electron chi connectivity index (χ0n) is 17.2. The SMILES string of the molecule is COC(=O)CC(=O)c1ccc(Oc2ccnc(N3CCC(C(=O)O)CC3)c2[N+](=O)[O-])cc1. The number of esters is 1. The number of anilines is 1. The highest BCUT2D eigenvalue weighted by atomic mass is 16.6. The third-order valence-electron chi connectivity index (χ3n) is 5.13. The first-order valence-electron chi connectivity index (χ1n) is 9.79. The van der Waals surface area contributed by atoms with Crippen LogP contribution >= 0.6 is 0 Å². The lowest BCUT2D eigenvalue weighted by Gasteiger charge is -2.30. The van der Waals surface area contributed by atoms with Gasteiger partial charge in [-0.3, -0.25) is 24.5 Å². The number of nitro groups is 1. The van der Waals surface area contributed by atoms with Crippen molar-refractivity contribution in [1.29, 1.82) is 0 Å². The molecule has 0 bridgehead atoms. The van der Waals surface area contributed by atoms with Crippen molar-refractivity contribution < 1.29 is 33.9 Å². The van der Waals surface area contributed by atoms with E-state index in [0.717, 1.165) is 0 Å². The quantitative estimate of drug-likeness (QED) is 0.212. The van der Waals surface area contributed by atoms with Gasteiger partial charge < -0.3 is 19.5 Å². The van der Waals surface area contributed by atoms with Crippen molar-refractivity contribution in [3.63, 3.8) is 0 Å². The van der Waals surface area contributed by atoms with E-state index in [1.165, 1.54) is 43.6 Å². The van der Waals surface area contributed by atoms with Gasteiger partial charge in [0.05, 0.1) is 18.0 Å². The Bertz CT molecular complexity index is 1030. The third kappa shape index (κ3) is 5.17. The number of carbonyl (C=O) groups is 3. The Labute approximate surface area is 182 Å². The van der Waals surface area contributed by atoms with E-state index in [1.807, 2.05) is 0 Å². The van der Waals surface area contributed by atoms with Crippen molar-refractivity contribution in [2.75, 3.05) is 25.1 Å². The van der Waals surface area contributed by atoms with Crippen molar-refractivity contribution in [3.8, 4) is 11.5 Å². The number of hydrogen-bond acceptors (Lipinski definition) is 9. The van der Waals surface area contributed by atoms with E-state index in [4.69, 9.17) is 9.84 Å². The molecule has 2 aromatic rings. The van der Waals surface area contributed by atoms with Gasteiger partial charge in [-0.15, -0.1) is 0 Å². The number of benzene rings is 1. The van der Waals surface area contributed by atoms with E-state index in [0.29, 0.717) is 25.9 Å². The van der Waals surface area contributed by atoms with Crippen LogP contribution in [0.5, 0.6) is 11.5 Å². The van der Waals surface area contributed by atoms with Crippen molar-refractivity contribution in [3.05, 3.63) is 52.2 Å². The van der Waals surface area contributed by atoms with Gasteiger partial charge in [-0.2, -0.15) is 0 Å². The summed E-state index contributed by atoms with van der Waals surface area (Å²) in [5, 5.41) is 20.9. The molecule has 168 valence electrons. The van der Waals surface area contributed by atoms with Gasteiger partial charge in [0.2, 0.25) is 11.6 Å². The molecule has 3 rings (SSSR count). The minimum absolute atomic E-state index is 0.0333. The number of aromatic nitrogens is 1. The highest BCUT2D eigenvalue weighted by molar-refractivity contribution is 6.05. The lowest BCUT2D eigenvalue weighted by Crippen LogP contribution is -2.37. The lowest BCUT2D eigenvalue weighted by atomic mass is 9.97. The van der Waals surface area contributed by atoms with Gasteiger partial charge in [-0.25, -0.2) is 4.98 Å². The number of ether oxygens (including phenoxy) is 2. The topological polar surface area (TPSA) is 149 Å². The van der Waals surface area contributed by atoms with Crippen LogP contribution in [0.3, 0.4) is 0 Å². The summed E-state index contributed by atoms with van der Waals surface area (Å²) < 4.78 is 10.2. The van der Waals surface area contributed by atoms with Crippen molar-refractivity contribution in [2.24, 2.45) is 5.92 Å². The Hall–Kier alpha value is -4.02. The van der Waals surface area contributed by atoms with Crippen LogP contribution < -0.4 is 9.64 Å². The van der Waals surface area contributed by atoms with Crippen LogP contribution in [0.4, 0.5) is 11.5 Å². The molecule has 11 nitrogen and oxygen atoms in total. The first-order chi connectivity index (χ1) is 15.3. The van der Waals surface area contributed by atoms with Gasteiger partial charge in [-0.05, 0) is 37.1 Å². The van der Waals surface area contributed by atoms with Crippen LogP contribution in [-0.4, -0.2) is 52.9 Å². The second-order valence-corrected chi connectivity index (χ2v) is 7.14. The van der Waals surface area contributed by atoms with Gasteiger partial charge in [0.25, 0.3) is 0 Å². The fraction of sp³-hybridized carbons (Fsp3) is 0.333. The maximum atomic E-state index is 12.0. The highest BCUT2D eigenvalue weighted by Crippen LogP contribution is 2.39. The molecule has 1 N–H and O–H groups in total. The van der Waals surface area contributed by atoms with Crippen LogP contribution in [0.2, 0.25) is 0 Å². The second kappa shape index (κ2) is 9.86. The van der Waals surface area contributed by atoms with Crippen molar-refractivity contribution in [1.82, 2.24) is 4.98 Å². The fourth-order valence-corrected chi connectivity index (χ4v) is 3.39. The molecule has 0 aliphatic carbocycles. The zero-order valence-corrected chi connectivity index (χ0v) is 17.2. The Kier molecular flexibility index (Phi) is 6.98. The molecular formula is C21H21N3O8. The normalized spacial score (nSPS) is 14.0. The van der Waals surface area contributed by atoms with E-state index in [1.54, 1.807) is 4.90 Å². The molecule has 11 heteroatoms. The molecular weight excluding hydrogens is 422 g/mol. The molecule has 0 atom stereocenters. The lowest BCUT2D eigenvalue weighted by molar-refractivity contribution is -0.385. The number of methoxy groups -OCH3 is 1. The summed E-state index contributed by atoms with van der Waals surface area (Å²) in [6.07, 6.45) is 1.71. The third-order valence-corrected chi connectivity index (χ3v) is 5.13. The Morgan fingerprint density at radius 3 is 2.41 bits per heavy atom. The zero-order chi connectivity index (χ0) is 23.3. The van der Waals surface area contributed by atoms with E-state index >= 15 is 0 Å². The second-order valence-electron chi connectivity index (χ2n) is 7.14. The Morgan fingerprint density at radius 1 is 1.19 bits per heavy atom. The fourth-order valence-electron chi connectivity index (χ4n) is 3.39. The Balaban J connectivity index is 1.79. The van der Waals surface area contributed by atoms with E-state index < -0.39 is 35.0 Å². The number of ketones is 1. The average molecular weight is 443 g/mol. The number of carbonyl (C=O) groups excluding carboxylic acids is 2. The average Bonchev–Trinajstić information content (AvgIpc) is 2.79. The number of rotatable bonds is 8. The number of nitrogens with zero attached hydrogens (tertiary/aromatic N) is 3. The van der Waals surface area contributed by atoms with E-state index in [9.17, 15) is 24.5 Å². The summed E-state index contributed by atoms with van der Waals surface area (Å²) in [6.45, 7) is 0.649. The number of hydrogen-bond donors (Lipinski definition) is 1. The van der Waals surface area contributed by atoms with Crippen molar-refractivity contribution >= 4 is 29.2 Å².